The van der Waals surface area contributed by atoms with Gasteiger partial charge in [0.05, 0.1) is 0 Å². The first-order valence-electron chi connectivity index (χ1n) is 15.9. The molecule has 0 amide bonds. The van der Waals surface area contributed by atoms with Crippen molar-refractivity contribution in [2.75, 3.05) is 18.9 Å². The summed E-state index contributed by atoms with van der Waals surface area (Å²) in [4.78, 5) is 13.2. The number of hydrogen-bond acceptors (Lipinski definition) is 11. The summed E-state index contributed by atoms with van der Waals surface area (Å²) in [6.45, 7) is 24.9. The minimum atomic E-state index is -3.30. The number of nitrogen functional groups attached to an aromatic ring is 1. The number of rotatable bonds is 9. The van der Waals surface area contributed by atoms with Gasteiger partial charge in [0.25, 0.3) is 0 Å². The molecule has 5 atom stereocenters. The molecule has 46 heavy (non-hydrogen) atoms. The number of nitrogens with zero attached hydrogens (tertiary/aromatic N) is 4. The zero-order valence-corrected chi connectivity index (χ0v) is 32.9. The van der Waals surface area contributed by atoms with Crippen molar-refractivity contribution in [1.29, 1.82) is 0 Å². The molecule has 2 fully saturated rings. The number of anilines is 1. The number of ether oxygens (including phenoxy) is 1. The molecule has 0 saturated carbocycles. The van der Waals surface area contributed by atoms with Gasteiger partial charge in [0, 0.05) is 0 Å². The van der Waals surface area contributed by atoms with Gasteiger partial charge in [-0.25, -0.2) is 0 Å². The summed E-state index contributed by atoms with van der Waals surface area (Å²) in [5.41, 5.74) is 9.45. The SMILES string of the molecule is Cc1cccc(C2CO[PH](S)(OC[C@H]3O[C@@H](n4cnc5c(N)ncnc54)[C@H](O[Si](C)(C)C(C)(C)C)[C@@H]3O[Si](C)(C)C(C)(C)C)O2)c1. The Balaban J connectivity index is 1.50. The molecule has 2 aromatic heterocycles. The summed E-state index contributed by atoms with van der Waals surface area (Å²) >= 11 is 4.84. The van der Waals surface area contributed by atoms with Crippen LogP contribution in [-0.4, -0.2) is 67.7 Å². The summed E-state index contributed by atoms with van der Waals surface area (Å²) in [5, 5.41) is -0.116. The Morgan fingerprint density at radius 3 is 2.28 bits per heavy atom. The molecule has 256 valence electrons. The Morgan fingerprint density at radius 2 is 1.65 bits per heavy atom. The van der Waals surface area contributed by atoms with Crippen LogP contribution in [0.25, 0.3) is 11.2 Å². The van der Waals surface area contributed by atoms with Gasteiger partial charge in [0.2, 0.25) is 0 Å². The number of aromatic nitrogens is 4. The molecule has 1 aromatic carbocycles. The van der Waals surface area contributed by atoms with E-state index < -0.39 is 48.3 Å². The molecule has 1 unspecified atom stereocenters. The molecule has 2 N–H and O–H groups in total. The molecule has 3 aromatic rings. The molecule has 0 aliphatic carbocycles. The van der Waals surface area contributed by atoms with E-state index in [0.29, 0.717) is 23.6 Å². The van der Waals surface area contributed by atoms with E-state index >= 15 is 0 Å². The standard InChI is InChI=1S/C31H52N5O6PSSi2/c1-20-13-12-14-21(15-20)22-16-37-43(44,40-22)38-17-23-25(41-45(8,9)30(2,3)4)26(42-46(10,11)31(5,6)7)29(39-23)36-19-35-24-27(32)33-18-34-28(24)36/h12-15,18-19,22-23,25-26,29,43-44H,16-17H2,1-11H3,(H2,32,33,34)/t22?,23-,25-,26-,29-/m1/s1. The molecular weight excluding hydrogens is 658 g/mol. The van der Waals surface area contributed by atoms with Crippen molar-refractivity contribution in [2.45, 2.75) is 115 Å². The summed E-state index contributed by atoms with van der Waals surface area (Å²) in [6.07, 6.45) is 0.801. The molecular formula is C31H52N5O6PSSi2. The van der Waals surface area contributed by atoms with Crippen LogP contribution < -0.4 is 5.73 Å². The maximum absolute atomic E-state index is 7.23. The molecule has 2 saturated heterocycles. The summed E-state index contributed by atoms with van der Waals surface area (Å²) in [5.74, 6) is 0.305. The van der Waals surface area contributed by atoms with Crippen LogP contribution in [0.5, 0.6) is 0 Å². The van der Waals surface area contributed by atoms with Crippen LogP contribution in [0.4, 0.5) is 5.82 Å². The van der Waals surface area contributed by atoms with E-state index in [-0.39, 0.29) is 22.8 Å². The van der Waals surface area contributed by atoms with Crippen molar-refractivity contribution in [3.63, 3.8) is 0 Å². The van der Waals surface area contributed by atoms with Gasteiger partial charge in [-0.3, -0.25) is 0 Å². The van der Waals surface area contributed by atoms with Crippen LogP contribution in [0.3, 0.4) is 0 Å². The maximum atomic E-state index is 7.23. The fourth-order valence-corrected chi connectivity index (χ4v) is 10.1. The average Bonchev–Trinajstić information content (AvgIpc) is 3.63. The summed E-state index contributed by atoms with van der Waals surface area (Å²) in [7, 11) is -7.97. The Labute approximate surface area is 281 Å². The molecule has 11 nitrogen and oxygen atoms in total. The van der Waals surface area contributed by atoms with E-state index in [2.05, 4.69) is 102 Å². The number of aryl methyl sites for hydroxylation is 1. The summed E-state index contributed by atoms with van der Waals surface area (Å²) < 4.78 is 42.2. The quantitative estimate of drug-likeness (QED) is 0.131. The van der Waals surface area contributed by atoms with Crippen LogP contribution >= 0.6 is 19.4 Å². The van der Waals surface area contributed by atoms with E-state index in [9.17, 15) is 0 Å². The van der Waals surface area contributed by atoms with Crippen molar-refractivity contribution in [1.82, 2.24) is 19.5 Å². The van der Waals surface area contributed by atoms with Crippen molar-refractivity contribution < 1.29 is 27.2 Å². The number of benzene rings is 1. The van der Waals surface area contributed by atoms with Crippen LogP contribution in [0.15, 0.2) is 36.9 Å². The first-order chi connectivity index (χ1) is 21.2. The fourth-order valence-electron chi connectivity index (χ4n) is 5.15. The van der Waals surface area contributed by atoms with E-state index in [4.69, 9.17) is 45.1 Å². The Morgan fingerprint density at radius 1 is 1.00 bits per heavy atom. The van der Waals surface area contributed by atoms with Gasteiger partial charge in [0.1, 0.15) is 0 Å². The molecule has 0 spiro atoms. The number of thiol groups is 1. The third-order valence-corrected chi connectivity index (χ3v) is 21.7. The molecule has 0 radical (unpaired) electrons. The van der Waals surface area contributed by atoms with E-state index in [1.54, 1.807) is 6.33 Å². The molecule has 5 rings (SSSR count). The van der Waals surface area contributed by atoms with Gasteiger partial charge >= 0.3 is 282 Å². The van der Waals surface area contributed by atoms with Gasteiger partial charge in [-0.1, -0.05) is 0 Å². The van der Waals surface area contributed by atoms with Gasteiger partial charge < -0.3 is 0 Å². The molecule has 2 aliphatic heterocycles. The average molecular weight is 710 g/mol. The summed E-state index contributed by atoms with van der Waals surface area (Å²) in [6, 6.07) is 8.22. The van der Waals surface area contributed by atoms with Crippen molar-refractivity contribution in [2.24, 2.45) is 0 Å². The molecule has 0 bridgehead atoms. The molecule has 2 aliphatic rings. The van der Waals surface area contributed by atoms with Gasteiger partial charge in [-0.05, 0) is 0 Å². The van der Waals surface area contributed by atoms with Crippen LogP contribution in [0.1, 0.15) is 65.0 Å². The van der Waals surface area contributed by atoms with E-state index in [0.717, 1.165) is 11.1 Å². The van der Waals surface area contributed by atoms with Crippen molar-refractivity contribution >= 4 is 53.0 Å². The second-order valence-corrected chi connectivity index (χ2v) is 28.5. The van der Waals surface area contributed by atoms with Gasteiger partial charge in [-0.2, -0.15) is 0 Å². The number of hydrogen-bond donors (Lipinski definition) is 2. The van der Waals surface area contributed by atoms with Crippen molar-refractivity contribution in [3.05, 3.63) is 48.0 Å². The minimum absolute atomic E-state index is 0.0559. The van der Waals surface area contributed by atoms with Crippen LogP contribution in [-0.2, 0) is 27.2 Å². The molecule has 4 heterocycles. The second-order valence-electron chi connectivity index (χ2n) is 15.5. The zero-order chi connectivity index (χ0) is 33.9. The normalized spacial score (nSPS) is 26.6. The Kier molecular flexibility index (Phi) is 9.95. The number of fused-ring (bicyclic) bond motifs is 1. The number of nitrogens with two attached hydrogens (primary N) is 1. The van der Waals surface area contributed by atoms with Gasteiger partial charge in [0.15, 0.2) is 0 Å². The topological polar surface area (TPSA) is 125 Å². The number of imidazole rings is 1. The third-order valence-electron chi connectivity index (χ3n) is 9.97. The first kappa shape index (κ1) is 35.8. The molecule has 15 heteroatoms. The second kappa shape index (κ2) is 12.8. The third kappa shape index (κ3) is 7.26. The monoisotopic (exact) mass is 709 g/mol. The zero-order valence-electron chi connectivity index (χ0n) is 29.0. The Hall–Kier alpha value is -1.46. The van der Waals surface area contributed by atoms with Crippen LogP contribution in [0, 0.1) is 6.92 Å². The Bertz CT molecular complexity index is 1550. The van der Waals surface area contributed by atoms with Crippen LogP contribution in [0.2, 0.25) is 36.3 Å². The first-order valence-corrected chi connectivity index (χ1v) is 24.7. The van der Waals surface area contributed by atoms with E-state index in [1.807, 2.05) is 16.7 Å². The van der Waals surface area contributed by atoms with E-state index in [1.165, 1.54) is 6.33 Å². The van der Waals surface area contributed by atoms with Crippen molar-refractivity contribution in [3.8, 4) is 0 Å². The predicted octanol–water partition coefficient (Wildman–Crippen LogP) is 7.54. The fraction of sp³-hybridized carbons (Fsp3) is 0.645. The predicted molar refractivity (Wildman–Crippen MR) is 192 cm³/mol. The van der Waals surface area contributed by atoms with Gasteiger partial charge in [-0.15, -0.1) is 0 Å².